The predicted molar refractivity (Wildman–Crippen MR) is 52.2 cm³/mol. The minimum atomic E-state index is -3.08. The number of alkyl halides is 2. The van der Waals surface area contributed by atoms with Gasteiger partial charge in [0, 0.05) is 11.8 Å². The molecule has 1 aromatic rings. The molecule has 0 aliphatic rings. The normalized spacial score (nSPS) is 9.94. The Kier molecular flexibility index (Phi) is 3.40. The van der Waals surface area contributed by atoms with Gasteiger partial charge in [0.05, 0.1) is 11.1 Å². The molecule has 84 valence electrons. The van der Waals surface area contributed by atoms with Crippen molar-refractivity contribution >= 4 is 11.5 Å². The molecule has 0 heterocycles. The number of carbonyl (C=O) groups is 1. The van der Waals surface area contributed by atoms with Crippen LogP contribution in [0.25, 0.3) is 0 Å². The number of rotatable bonds is 3. The number of Topliss-reactive ketones (excluding diaryl/α,β-unsaturated/α-hetero) is 1. The average molecular weight is 226 g/mol. The lowest BCUT2D eigenvalue weighted by Crippen LogP contribution is -2.09. The van der Waals surface area contributed by atoms with E-state index in [1.54, 1.807) is 6.07 Å². The van der Waals surface area contributed by atoms with Crippen LogP contribution in [0.2, 0.25) is 0 Å². The topological polar surface area (TPSA) is 76.1 Å². The first kappa shape index (κ1) is 11.9. The molecule has 0 aliphatic heterocycles. The van der Waals surface area contributed by atoms with E-state index in [-0.39, 0.29) is 22.6 Å². The summed E-state index contributed by atoms with van der Waals surface area (Å²) >= 11 is 0. The lowest BCUT2D eigenvalue weighted by Gasteiger charge is -2.10. The van der Waals surface area contributed by atoms with Gasteiger partial charge in [0.1, 0.15) is 11.8 Å². The van der Waals surface area contributed by atoms with Crippen LogP contribution in [0.15, 0.2) is 12.1 Å². The molecule has 0 bridgehead atoms. The number of nitrogen functional groups attached to an aromatic ring is 1. The SMILES string of the molecule is CC(=O)c1c(C#N)cc(N)cc1OC(F)F. The Morgan fingerprint density at radius 1 is 1.56 bits per heavy atom. The fourth-order valence-corrected chi connectivity index (χ4v) is 1.28. The van der Waals surface area contributed by atoms with Crippen LogP contribution in [0, 0.1) is 11.3 Å². The van der Waals surface area contributed by atoms with Gasteiger partial charge < -0.3 is 10.5 Å². The van der Waals surface area contributed by atoms with Gasteiger partial charge in [-0.2, -0.15) is 14.0 Å². The zero-order valence-electron chi connectivity index (χ0n) is 8.33. The molecule has 16 heavy (non-hydrogen) atoms. The number of carbonyl (C=O) groups excluding carboxylic acids is 1. The number of nitriles is 1. The number of ketones is 1. The molecule has 0 saturated carbocycles. The summed E-state index contributed by atoms with van der Waals surface area (Å²) in [5, 5.41) is 8.75. The predicted octanol–water partition coefficient (Wildman–Crippen LogP) is 1.94. The zero-order valence-corrected chi connectivity index (χ0v) is 8.33. The Morgan fingerprint density at radius 2 is 2.19 bits per heavy atom. The maximum Gasteiger partial charge on any atom is 0.387 e. The highest BCUT2D eigenvalue weighted by atomic mass is 19.3. The van der Waals surface area contributed by atoms with Crippen molar-refractivity contribution in [2.45, 2.75) is 13.5 Å². The summed E-state index contributed by atoms with van der Waals surface area (Å²) in [5.74, 6) is -0.911. The first-order chi connectivity index (χ1) is 7.45. The molecule has 0 spiro atoms. The minimum Gasteiger partial charge on any atom is -0.434 e. The summed E-state index contributed by atoms with van der Waals surface area (Å²) in [5.41, 5.74) is 5.21. The summed E-state index contributed by atoms with van der Waals surface area (Å²) in [6.07, 6.45) is 0. The van der Waals surface area contributed by atoms with E-state index in [0.717, 1.165) is 13.0 Å². The number of ether oxygens (including phenoxy) is 1. The molecule has 0 saturated heterocycles. The van der Waals surface area contributed by atoms with E-state index in [0.29, 0.717) is 0 Å². The molecule has 1 rings (SSSR count). The standard InChI is InChI=1S/C10H8F2N2O2/c1-5(15)9-6(4-13)2-7(14)3-8(9)16-10(11)12/h2-3,10H,14H2,1H3. The number of nitrogens with zero attached hydrogens (tertiary/aromatic N) is 1. The number of nitrogens with two attached hydrogens (primary N) is 1. The molecule has 0 aromatic heterocycles. The number of hydrogen-bond donors (Lipinski definition) is 1. The molecule has 1 aromatic carbocycles. The van der Waals surface area contributed by atoms with Crippen LogP contribution < -0.4 is 10.5 Å². The third-order valence-corrected chi connectivity index (χ3v) is 1.81. The highest BCUT2D eigenvalue weighted by molar-refractivity contribution is 5.99. The van der Waals surface area contributed by atoms with Gasteiger partial charge in [0.25, 0.3) is 0 Å². The summed E-state index contributed by atoms with van der Waals surface area (Å²) in [4.78, 5) is 11.2. The maximum atomic E-state index is 12.1. The quantitative estimate of drug-likeness (QED) is 0.631. The molecular weight excluding hydrogens is 218 g/mol. The summed E-state index contributed by atoms with van der Waals surface area (Å²) in [7, 11) is 0. The molecule has 2 N–H and O–H groups in total. The van der Waals surface area contributed by atoms with Crippen LogP contribution >= 0.6 is 0 Å². The van der Waals surface area contributed by atoms with E-state index in [1.807, 2.05) is 0 Å². The van der Waals surface area contributed by atoms with Gasteiger partial charge in [-0.25, -0.2) is 0 Å². The van der Waals surface area contributed by atoms with Crippen molar-refractivity contribution in [3.8, 4) is 11.8 Å². The Morgan fingerprint density at radius 3 is 2.62 bits per heavy atom. The van der Waals surface area contributed by atoms with Crippen LogP contribution in [-0.4, -0.2) is 12.4 Å². The van der Waals surface area contributed by atoms with E-state index in [4.69, 9.17) is 11.0 Å². The molecule has 6 heteroatoms. The number of anilines is 1. The van der Waals surface area contributed by atoms with Crippen LogP contribution in [0.1, 0.15) is 22.8 Å². The third-order valence-electron chi connectivity index (χ3n) is 1.81. The second kappa shape index (κ2) is 4.57. The Hall–Kier alpha value is -2.16. The first-order valence-electron chi connectivity index (χ1n) is 4.25. The highest BCUT2D eigenvalue weighted by Gasteiger charge is 2.18. The lowest BCUT2D eigenvalue weighted by atomic mass is 10.0. The minimum absolute atomic E-state index is 0.0804. The second-order valence-corrected chi connectivity index (χ2v) is 2.99. The molecule has 4 nitrogen and oxygen atoms in total. The van der Waals surface area contributed by atoms with E-state index in [2.05, 4.69) is 4.74 Å². The monoisotopic (exact) mass is 226 g/mol. The van der Waals surface area contributed by atoms with Crippen LogP contribution in [0.4, 0.5) is 14.5 Å². The van der Waals surface area contributed by atoms with Gasteiger partial charge in [-0.3, -0.25) is 4.79 Å². The van der Waals surface area contributed by atoms with E-state index in [1.165, 1.54) is 6.07 Å². The zero-order chi connectivity index (χ0) is 12.3. The van der Waals surface area contributed by atoms with Crippen molar-refractivity contribution < 1.29 is 18.3 Å². The van der Waals surface area contributed by atoms with Crippen LogP contribution in [-0.2, 0) is 0 Å². The third kappa shape index (κ3) is 2.45. The fraction of sp³-hybridized carbons (Fsp3) is 0.200. The van der Waals surface area contributed by atoms with Gasteiger partial charge in [0.15, 0.2) is 5.78 Å². The second-order valence-electron chi connectivity index (χ2n) is 2.99. The van der Waals surface area contributed by atoms with Crippen LogP contribution in [0.5, 0.6) is 5.75 Å². The van der Waals surface area contributed by atoms with Crippen LogP contribution in [0.3, 0.4) is 0 Å². The lowest BCUT2D eigenvalue weighted by molar-refractivity contribution is -0.0500. The molecule has 0 unspecified atom stereocenters. The van der Waals surface area contributed by atoms with Crippen molar-refractivity contribution in [3.63, 3.8) is 0 Å². The summed E-state index contributed by atoms with van der Waals surface area (Å²) in [6.45, 7) is -1.92. The van der Waals surface area contributed by atoms with E-state index >= 15 is 0 Å². The Bertz CT molecular complexity index is 467. The Balaban J connectivity index is 3.39. The average Bonchev–Trinajstić information content (AvgIpc) is 2.14. The van der Waals surface area contributed by atoms with E-state index < -0.39 is 12.4 Å². The van der Waals surface area contributed by atoms with Gasteiger partial charge in [0.2, 0.25) is 0 Å². The van der Waals surface area contributed by atoms with Gasteiger partial charge >= 0.3 is 6.61 Å². The van der Waals surface area contributed by atoms with Crippen molar-refractivity contribution in [1.29, 1.82) is 5.26 Å². The number of benzene rings is 1. The van der Waals surface area contributed by atoms with Gasteiger partial charge in [-0.1, -0.05) is 0 Å². The van der Waals surface area contributed by atoms with Crippen molar-refractivity contribution in [3.05, 3.63) is 23.3 Å². The van der Waals surface area contributed by atoms with Gasteiger partial charge in [-0.05, 0) is 13.0 Å². The maximum absolute atomic E-state index is 12.1. The smallest absolute Gasteiger partial charge is 0.387 e. The molecule has 0 fully saturated rings. The van der Waals surface area contributed by atoms with Crippen molar-refractivity contribution in [2.24, 2.45) is 0 Å². The summed E-state index contributed by atoms with van der Waals surface area (Å²) in [6, 6.07) is 4.02. The summed E-state index contributed by atoms with van der Waals surface area (Å²) < 4.78 is 28.3. The van der Waals surface area contributed by atoms with E-state index in [9.17, 15) is 13.6 Å². The van der Waals surface area contributed by atoms with Crippen molar-refractivity contribution in [1.82, 2.24) is 0 Å². The fourth-order valence-electron chi connectivity index (χ4n) is 1.28. The molecule has 0 aliphatic carbocycles. The number of halogens is 2. The van der Waals surface area contributed by atoms with Crippen molar-refractivity contribution in [2.75, 3.05) is 5.73 Å². The molecule has 0 radical (unpaired) electrons. The molecular formula is C10H8F2N2O2. The Labute approximate surface area is 90.2 Å². The number of hydrogen-bond acceptors (Lipinski definition) is 4. The van der Waals surface area contributed by atoms with Gasteiger partial charge in [-0.15, -0.1) is 0 Å². The highest BCUT2D eigenvalue weighted by Crippen LogP contribution is 2.27. The molecule has 0 atom stereocenters. The largest absolute Gasteiger partial charge is 0.434 e. The first-order valence-corrected chi connectivity index (χ1v) is 4.25. The molecule has 0 amide bonds.